The molecule has 6 nitrogen and oxygen atoms in total. The predicted octanol–water partition coefficient (Wildman–Crippen LogP) is 2.39. The van der Waals surface area contributed by atoms with Crippen molar-refractivity contribution in [1.82, 2.24) is 4.72 Å². The lowest BCUT2D eigenvalue weighted by molar-refractivity contribution is -0.139. The zero-order valence-electron chi connectivity index (χ0n) is 13.4. The molecular formula is C15H15F3N2O4S2. The highest BCUT2D eigenvalue weighted by molar-refractivity contribution is 7.89. The summed E-state index contributed by atoms with van der Waals surface area (Å²) in [4.78, 5) is -1.06. The van der Waals surface area contributed by atoms with E-state index in [1.165, 1.54) is 37.3 Å². The van der Waals surface area contributed by atoms with Gasteiger partial charge in [-0.25, -0.2) is 26.7 Å². The average molecular weight is 408 g/mol. The molecule has 0 bridgehead atoms. The van der Waals surface area contributed by atoms with Gasteiger partial charge < -0.3 is 0 Å². The molecule has 11 heteroatoms. The van der Waals surface area contributed by atoms with E-state index in [1.807, 2.05) is 0 Å². The lowest BCUT2D eigenvalue weighted by atomic mass is 10.1. The molecule has 26 heavy (non-hydrogen) atoms. The molecule has 2 rings (SSSR count). The molecule has 142 valence electrons. The van der Waals surface area contributed by atoms with Gasteiger partial charge in [-0.2, -0.15) is 13.2 Å². The molecule has 3 N–H and O–H groups in total. The molecule has 1 atom stereocenters. The number of halogens is 3. The number of sulfonamides is 2. The van der Waals surface area contributed by atoms with E-state index >= 15 is 0 Å². The summed E-state index contributed by atoms with van der Waals surface area (Å²) in [7, 11) is -8.38. The summed E-state index contributed by atoms with van der Waals surface area (Å²) in [6.07, 6.45) is -4.83. The molecule has 2 aromatic rings. The van der Waals surface area contributed by atoms with Crippen LogP contribution >= 0.6 is 0 Å². The van der Waals surface area contributed by atoms with Gasteiger partial charge >= 0.3 is 6.18 Å². The van der Waals surface area contributed by atoms with E-state index in [-0.39, 0.29) is 4.90 Å². The fourth-order valence-corrected chi connectivity index (χ4v) is 4.22. The van der Waals surface area contributed by atoms with E-state index in [9.17, 15) is 30.0 Å². The van der Waals surface area contributed by atoms with Crippen LogP contribution < -0.4 is 9.86 Å². The second-order valence-electron chi connectivity index (χ2n) is 5.45. The molecule has 0 aliphatic rings. The largest absolute Gasteiger partial charge is 0.417 e. The van der Waals surface area contributed by atoms with Crippen LogP contribution in [0.25, 0.3) is 0 Å². The quantitative estimate of drug-likeness (QED) is 0.792. The monoisotopic (exact) mass is 408 g/mol. The van der Waals surface area contributed by atoms with E-state index in [4.69, 9.17) is 5.14 Å². The highest BCUT2D eigenvalue weighted by Gasteiger charge is 2.37. The molecular weight excluding hydrogens is 393 g/mol. The van der Waals surface area contributed by atoms with Crippen molar-refractivity contribution < 1.29 is 30.0 Å². The Morgan fingerprint density at radius 2 is 1.50 bits per heavy atom. The first kappa shape index (κ1) is 20.4. The smallest absolute Gasteiger partial charge is 0.225 e. The Balaban J connectivity index is 2.33. The number of primary sulfonamides is 1. The van der Waals surface area contributed by atoms with Crippen LogP contribution in [0.3, 0.4) is 0 Å². The molecule has 0 radical (unpaired) electrons. The molecule has 0 aliphatic heterocycles. The number of rotatable bonds is 5. The maximum atomic E-state index is 13.0. The van der Waals surface area contributed by atoms with Crippen molar-refractivity contribution in [3.05, 3.63) is 59.7 Å². The Kier molecular flexibility index (Phi) is 5.47. The summed E-state index contributed by atoms with van der Waals surface area (Å²) in [6.45, 7) is 1.42. The highest BCUT2D eigenvalue weighted by atomic mass is 32.2. The third-order valence-corrected chi connectivity index (χ3v) is 6.05. The van der Waals surface area contributed by atoms with E-state index in [0.29, 0.717) is 11.6 Å². The van der Waals surface area contributed by atoms with Gasteiger partial charge in [0.05, 0.1) is 15.4 Å². The van der Waals surface area contributed by atoms with Crippen LogP contribution in [-0.2, 0) is 26.2 Å². The SMILES string of the molecule is CC(NS(=O)(=O)c1ccccc1C(F)(F)F)c1ccc(S(N)(=O)=O)cc1. The van der Waals surface area contributed by atoms with Gasteiger partial charge in [0.2, 0.25) is 20.0 Å². The van der Waals surface area contributed by atoms with Crippen molar-refractivity contribution in [3.63, 3.8) is 0 Å². The third-order valence-electron chi connectivity index (χ3n) is 3.52. The van der Waals surface area contributed by atoms with Crippen LogP contribution in [0.15, 0.2) is 58.3 Å². The zero-order valence-corrected chi connectivity index (χ0v) is 15.0. The number of nitrogens with two attached hydrogens (primary N) is 1. The zero-order chi connectivity index (χ0) is 19.8. The Morgan fingerprint density at radius 1 is 0.962 bits per heavy atom. The Morgan fingerprint density at radius 3 is 2.00 bits per heavy atom. The van der Waals surface area contributed by atoms with Crippen molar-refractivity contribution >= 4 is 20.0 Å². The number of hydrogen-bond donors (Lipinski definition) is 2. The molecule has 0 aliphatic carbocycles. The van der Waals surface area contributed by atoms with Crippen LogP contribution in [-0.4, -0.2) is 16.8 Å². The van der Waals surface area contributed by atoms with Crippen LogP contribution in [0.4, 0.5) is 13.2 Å². The van der Waals surface area contributed by atoms with Crippen molar-refractivity contribution in [3.8, 4) is 0 Å². The van der Waals surface area contributed by atoms with Crippen molar-refractivity contribution in [2.24, 2.45) is 5.14 Å². The Hall–Kier alpha value is -1.95. The van der Waals surface area contributed by atoms with Gasteiger partial charge in [-0.05, 0) is 36.8 Å². The molecule has 0 saturated heterocycles. The minimum absolute atomic E-state index is 0.168. The molecule has 0 heterocycles. The molecule has 0 saturated carbocycles. The fourth-order valence-electron chi connectivity index (χ4n) is 2.25. The fraction of sp³-hybridized carbons (Fsp3) is 0.200. The number of benzene rings is 2. The predicted molar refractivity (Wildman–Crippen MR) is 88.0 cm³/mol. The normalized spacial score (nSPS) is 14.2. The second-order valence-corrected chi connectivity index (χ2v) is 8.69. The topological polar surface area (TPSA) is 106 Å². The van der Waals surface area contributed by atoms with E-state index in [0.717, 1.165) is 12.1 Å². The van der Waals surface area contributed by atoms with Gasteiger partial charge in [0.25, 0.3) is 0 Å². The maximum Gasteiger partial charge on any atom is 0.417 e. The highest BCUT2D eigenvalue weighted by Crippen LogP contribution is 2.34. The lowest BCUT2D eigenvalue weighted by Crippen LogP contribution is -2.29. The third kappa shape index (κ3) is 4.61. The molecule has 2 aromatic carbocycles. The van der Waals surface area contributed by atoms with Gasteiger partial charge in [0.15, 0.2) is 0 Å². The van der Waals surface area contributed by atoms with Crippen molar-refractivity contribution in [2.45, 2.75) is 28.9 Å². The first-order valence-corrected chi connectivity index (χ1v) is 10.2. The van der Waals surface area contributed by atoms with Crippen molar-refractivity contribution in [2.75, 3.05) is 0 Å². The van der Waals surface area contributed by atoms with Crippen LogP contribution in [0.1, 0.15) is 24.1 Å². The Labute approximate surface area is 148 Å². The van der Waals surface area contributed by atoms with Gasteiger partial charge in [-0.15, -0.1) is 0 Å². The van der Waals surface area contributed by atoms with E-state index in [2.05, 4.69) is 4.72 Å². The number of nitrogens with one attached hydrogen (secondary N) is 1. The van der Waals surface area contributed by atoms with Crippen LogP contribution in [0, 0.1) is 0 Å². The molecule has 1 unspecified atom stereocenters. The van der Waals surface area contributed by atoms with Gasteiger partial charge in [0.1, 0.15) is 0 Å². The summed E-state index contributed by atoms with van der Waals surface area (Å²) >= 11 is 0. The summed E-state index contributed by atoms with van der Waals surface area (Å²) in [6, 6.07) is 7.92. The molecule has 0 amide bonds. The van der Waals surface area contributed by atoms with E-state index in [1.54, 1.807) is 0 Å². The van der Waals surface area contributed by atoms with Crippen molar-refractivity contribution in [1.29, 1.82) is 0 Å². The van der Waals surface area contributed by atoms with Crippen LogP contribution in [0.2, 0.25) is 0 Å². The second kappa shape index (κ2) is 6.99. The van der Waals surface area contributed by atoms with E-state index < -0.39 is 42.7 Å². The summed E-state index contributed by atoms with van der Waals surface area (Å²) < 4.78 is 88.5. The average Bonchev–Trinajstić information content (AvgIpc) is 2.53. The minimum Gasteiger partial charge on any atom is -0.225 e. The number of hydrogen-bond acceptors (Lipinski definition) is 4. The molecule has 0 spiro atoms. The summed E-state index contributed by atoms with van der Waals surface area (Å²) in [5.74, 6) is 0. The summed E-state index contributed by atoms with van der Waals surface area (Å²) in [5, 5.41) is 4.97. The number of alkyl halides is 3. The summed E-state index contributed by atoms with van der Waals surface area (Å²) in [5.41, 5.74) is -0.922. The first-order chi connectivity index (χ1) is 11.8. The van der Waals surface area contributed by atoms with Crippen LogP contribution in [0.5, 0.6) is 0 Å². The lowest BCUT2D eigenvalue weighted by Gasteiger charge is -2.18. The molecule has 0 fully saturated rings. The maximum absolute atomic E-state index is 13.0. The van der Waals surface area contributed by atoms with Gasteiger partial charge in [-0.1, -0.05) is 24.3 Å². The molecule has 0 aromatic heterocycles. The standard InChI is InChI=1S/C15H15F3N2O4S2/c1-10(11-6-8-12(9-7-11)25(19,21)22)20-26(23,24)14-5-3-2-4-13(14)15(16,17)18/h2-10,20H,1H3,(H2,19,21,22). The van der Waals surface area contributed by atoms with Gasteiger partial charge in [0, 0.05) is 6.04 Å². The minimum atomic E-state index is -4.83. The van der Waals surface area contributed by atoms with Gasteiger partial charge in [-0.3, -0.25) is 0 Å². The Bertz CT molecular complexity index is 1000. The first-order valence-electron chi connectivity index (χ1n) is 7.14.